The summed E-state index contributed by atoms with van der Waals surface area (Å²) in [7, 11) is 0. The monoisotopic (exact) mass is 282 g/mol. The molecule has 1 aromatic carbocycles. The molecule has 0 bridgehead atoms. The first-order chi connectivity index (χ1) is 8.90. The molecule has 1 aromatic rings. The van der Waals surface area contributed by atoms with Crippen LogP contribution >= 0.6 is 11.6 Å². The highest BCUT2D eigenvalue weighted by Gasteiger charge is 2.14. The zero-order chi connectivity index (χ0) is 14.4. The van der Waals surface area contributed by atoms with Crippen LogP contribution in [0.3, 0.4) is 0 Å². The summed E-state index contributed by atoms with van der Waals surface area (Å²) in [4.78, 5) is 23.2. The Kier molecular flexibility index (Phi) is 5.83. The van der Waals surface area contributed by atoms with E-state index in [1.165, 1.54) is 0 Å². The number of rotatable bonds is 4. The van der Waals surface area contributed by atoms with Crippen LogP contribution in [0.2, 0.25) is 5.02 Å². The number of nitrogens with one attached hydrogen (secondary N) is 2. The van der Waals surface area contributed by atoms with Gasteiger partial charge in [0.05, 0.1) is 0 Å². The summed E-state index contributed by atoms with van der Waals surface area (Å²) < 4.78 is 0. The Morgan fingerprint density at radius 2 is 1.95 bits per heavy atom. The second-order valence-electron chi connectivity index (χ2n) is 4.85. The third kappa shape index (κ3) is 5.30. The van der Waals surface area contributed by atoms with Gasteiger partial charge in [0.15, 0.2) is 0 Å². The van der Waals surface area contributed by atoms with Gasteiger partial charge in [-0.3, -0.25) is 9.59 Å². The van der Waals surface area contributed by atoms with E-state index in [0.717, 1.165) is 12.0 Å². The minimum Gasteiger partial charge on any atom is -0.348 e. The number of aryl methyl sites for hydroxylation is 1. The van der Waals surface area contributed by atoms with Crippen molar-refractivity contribution in [1.82, 2.24) is 5.32 Å². The van der Waals surface area contributed by atoms with Gasteiger partial charge in [0.1, 0.15) is 0 Å². The van der Waals surface area contributed by atoms with Crippen molar-refractivity contribution in [2.45, 2.75) is 27.2 Å². The smallest absolute Gasteiger partial charge is 0.313 e. The zero-order valence-corrected chi connectivity index (χ0v) is 12.2. The van der Waals surface area contributed by atoms with E-state index in [9.17, 15) is 9.59 Å². The molecule has 2 N–H and O–H groups in total. The number of hydrogen-bond acceptors (Lipinski definition) is 2. The second kappa shape index (κ2) is 7.14. The maximum absolute atomic E-state index is 11.7. The summed E-state index contributed by atoms with van der Waals surface area (Å²) in [5.41, 5.74) is 1.41. The average molecular weight is 283 g/mol. The fraction of sp³-hybridized carbons (Fsp3) is 0.429. The SMILES string of the molecule is Cc1cc(Cl)ccc1NC(=O)C(=O)NCCC(C)C. The highest BCUT2D eigenvalue weighted by atomic mass is 35.5. The Morgan fingerprint density at radius 1 is 1.26 bits per heavy atom. The van der Waals surface area contributed by atoms with Gasteiger partial charge >= 0.3 is 11.8 Å². The molecule has 0 spiro atoms. The highest BCUT2D eigenvalue weighted by molar-refractivity contribution is 6.39. The molecule has 0 unspecified atom stereocenters. The Hall–Kier alpha value is -1.55. The lowest BCUT2D eigenvalue weighted by Crippen LogP contribution is -2.36. The molecule has 0 heterocycles. The molecule has 0 fully saturated rings. The minimum absolute atomic E-state index is 0.488. The molecule has 4 nitrogen and oxygen atoms in total. The number of carbonyl (C=O) groups is 2. The van der Waals surface area contributed by atoms with Gasteiger partial charge in [0, 0.05) is 17.3 Å². The molecular weight excluding hydrogens is 264 g/mol. The van der Waals surface area contributed by atoms with Gasteiger partial charge in [0.2, 0.25) is 0 Å². The molecule has 0 atom stereocenters. The molecule has 0 aliphatic carbocycles. The van der Waals surface area contributed by atoms with Crippen LogP contribution < -0.4 is 10.6 Å². The van der Waals surface area contributed by atoms with Gasteiger partial charge in [0.25, 0.3) is 0 Å². The summed E-state index contributed by atoms with van der Waals surface area (Å²) in [6.07, 6.45) is 0.846. The molecule has 104 valence electrons. The fourth-order valence-corrected chi connectivity index (χ4v) is 1.73. The first-order valence-electron chi connectivity index (χ1n) is 6.25. The van der Waals surface area contributed by atoms with Crippen molar-refractivity contribution in [3.63, 3.8) is 0 Å². The van der Waals surface area contributed by atoms with Crippen molar-refractivity contribution in [2.75, 3.05) is 11.9 Å². The molecule has 0 aromatic heterocycles. The Balaban J connectivity index is 2.52. The molecule has 0 aliphatic heterocycles. The van der Waals surface area contributed by atoms with Gasteiger partial charge in [-0.05, 0) is 43.0 Å². The van der Waals surface area contributed by atoms with Crippen molar-refractivity contribution >= 4 is 29.1 Å². The van der Waals surface area contributed by atoms with E-state index in [-0.39, 0.29) is 0 Å². The molecule has 1 rings (SSSR count). The third-order valence-electron chi connectivity index (χ3n) is 2.65. The first kappa shape index (κ1) is 15.5. The van der Waals surface area contributed by atoms with Crippen LogP contribution in [0.15, 0.2) is 18.2 Å². The van der Waals surface area contributed by atoms with Crippen LogP contribution in [-0.4, -0.2) is 18.4 Å². The molecule has 2 amide bonds. The fourth-order valence-electron chi connectivity index (χ4n) is 1.50. The van der Waals surface area contributed by atoms with E-state index in [4.69, 9.17) is 11.6 Å². The van der Waals surface area contributed by atoms with E-state index in [1.807, 2.05) is 6.92 Å². The van der Waals surface area contributed by atoms with Crippen LogP contribution in [0.1, 0.15) is 25.8 Å². The lowest BCUT2D eigenvalue weighted by Gasteiger charge is -2.09. The van der Waals surface area contributed by atoms with Crippen molar-refractivity contribution in [3.8, 4) is 0 Å². The molecule has 0 aliphatic rings. The number of hydrogen-bond donors (Lipinski definition) is 2. The van der Waals surface area contributed by atoms with E-state index >= 15 is 0 Å². The first-order valence-corrected chi connectivity index (χ1v) is 6.63. The zero-order valence-electron chi connectivity index (χ0n) is 11.4. The maximum Gasteiger partial charge on any atom is 0.313 e. The summed E-state index contributed by atoms with van der Waals surface area (Å²) in [5, 5.41) is 5.75. The van der Waals surface area contributed by atoms with E-state index in [0.29, 0.717) is 23.2 Å². The van der Waals surface area contributed by atoms with E-state index in [1.54, 1.807) is 18.2 Å². The Labute approximate surface area is 118 Å². The van der Waals surface area contributed by atoms with Gasteiger partial charge in [-0.25, -0.2) is 0 Å². The topological polar surface area (TPSA) is 58.2 Å². The van der Waals surface area contributed by atoms with Gasteiger partial charge < -0.3 is 10.6 Å². The van der Waals surface area contributed by atoms with Gasteiger partial charge in [-0.2, -0.15) is 0 Å². The lowest BCUT2D eigenvalue weighted by atomic mass is 10.1. The summed E-state index contributed by atoms with van der Waals surface area (Å²) in [6.45, 7) is 6.44. The van der Waals surface area contributed by atoms with Crippen molar-refractivity contribution in [3.05, 3.63) is 28.8 Å². The number of halogens is 1. The van der Waals surface area contributed by atoms with Crippen molar-refractivity contribution in [1.29, 1.82) is 0 Å². The molecule has 0 radical (unpaired) electrons. The predicted molar refractivity (Wildman–Crippen MR) is 77.3 cm³/mol. The summed E-state index contributed by atoms with van der Waals surface area (Å²) in [5.74, 6) is -0.786. The van der Waals surface area contributed by atoms with Crippen molar-refractivity contribution < 1.29 is 9.59 Å². The van der Waals surface area contributed by atoms with Crippen LogP contribution in [0, 0.1) is 12.8 Å². The number of carbonyl (C=O) groups excluding carboxylic acids is 2. The Morgan fingerprint density at radius 3 is 2.53 bits per heavy atom. The van der Waals surface area contributed by atoms with Crippen molar-refractivity contribution in [2.24, 2.45) is 5.92 Å². The second-order valence-corrected chi connectivity index (χ2v) is 5.29. The molecular formula is C14H19ClN2O2. The van der Waals surface area contributed by atoms with Crippen LogP contribution in [0.5, 0.6) is 0 Å². The molecule has 19 heavy (non-hydrogen) atoms. The largest absolute Gasteiger partial charge is 0.348 e. The van der Waals surface area contributed by atoms with Crippen LogP contribution in [0.25, 0.3) is 0 Å². The number of amides is 2. The molecule has 0 saturated heterocycles. The normalized spacial score (nSPS) is 10.4. The highest BCUT2D eigenvalue weighted by Crippen LogP contribution is 2.19. The molecule has 0 saturated carbocycles. The summed E-state index contributed by atoms with van der Waals surface area (Å²) in [6, 6.07) is 5.08. The minimum atomic E-state index is -0.658. The Bertz CT molecular complexity index is 473. The summed E-state index contributed by atoms with van der Waals surface area (Å²) >= 11 is 5.82. The number of anilines is 1. The maximum atomic E-state index is 11.7. The number of benzene rings is 1. The van der Waals surface area contributed by atoms with E-state index in [2.05, 4.69) is 24.5 Å². The van der Waals surface area contributed by atoms with E-state index < -0.39 is 11.8 Å². The predicted octanol–water partition coefficient (Wildman–Crippen LogP) is 2.75. The third-order valence-corrected chi connectivity index (χ3v) is 2.89. The lowest BCUT2D eigenvalue weighted by molar-refractivity contribution is -0.136. The molecule has 5 heteroatoms. The average Bonchev–Trinajstić information content (AvgIpc) is 2.32. The quantitative estimate of drug-likeness (QED) is 0.834. The van der Waals surface area contributed by atoms with Gasteiger partial charge in [-0.1, -0.05) is 25.4 Å². The van der Waals surface area contributed by atoms with Gasteiger partial charge in [-0.15, -0.1) is 0 Å². The van der Waals surface area contributed by atoms with Crippen LogP contribution in [0.4, 0.5) is 5.69 Å². The van der Waals surface area contributed by atoms with Crippen LogP contribution in [-0.2, 0) is 9.59 Å². The standard InChI is InChI=1S/C14H19ClN2O2/c1-9(2)6-7-16-13(18)14(19)17-12-5-4-11(15)8-10(12)3/h4-5,8-9H,6-7H2,1-3H3,(H,16,18)(H,17,19).